The van der Waals surface area contributed by atoms with Gasteiger partial charge in [-0.05, 0) is 36.4 Å². The van der Waals surface area contributed by atoms with Crippen LogP contribution in [0.3, 0.4) is 0 Å². The van der Waals surface area contributed by atoms with Crippen molar-refractivity contribution in [3.05, 3.63) is 58.4 Å². The molecule has 3 aromatic rings. The highest BCUT2D eigenvalue weighted by Crippen LogP contribution is 2.38. The molecule has 0 amide bonds. The third-order valence-corrected chi connectivity index (χ3v) is 6.07. The molecule has 0 radical (unpaired) electrons. The van der Waals surface area contributed by atoms with Gasteiger partial charge in [0, 0.05) is 34.5 Å². The summed E-state index contributed by atoms with van der Waals surface area (Å²) in [5, 5.41) is 13.6. The lowest BCUT2D eigenvalue weighted by molar-refractivity contribution is 0.0697. The molecule has 8 heteroatoms. The van der Waals surface area contributed by atoms with Gasteiger partial charge in [-0.25, -0.2) is 9.18 Å². The van der Waals surface area contributed by atoms with Crippen LogP contribution in [0.5, 0.6) is 0 Å². The van der Waals surface area contributed by atoms with Gasteiger partial charge in [-0.3, -0.25) is 4.98 Å². The first-order valence-corrected chi connectivity index (χ1v) is 10.7. The molecule has 1 aliphatic rings. The van der Waals surface area contributed by atoms with Gasteiger partial charge in [0.25, 0.3) is 0 Å². The lowest BCUT2D eigenvalue weighted by Crippen LogP contribution is -2.33. The summed E-state index contributed by atoms with van der Waals surface area (Å²) in [6.07, 6.45) is 1.82. The van der Waals surface area contributed by atoms with Crippen LogP contribution < -0.4 is 10.2 Å². The Balaban J connectivity index is 1.88. The molecule has 0 aliphatic carbocycles. The Morgan fingerprint density at radius 3 is 2.75 bits per heavy atom. The quantitative estimate of drug-likeness (QED) is 0.561. The number of carboxylic acids is 1. The number of thioether (sulfide) groups is 1. The van der Waals surface area contributed by atoms with E-state index in [1.165, 1.54) is 12.1 Å². The highest BCUT2D eigenvalue weighted by molar-refractivity contribution is 9.10. The van der Waals surface area contributed by atoms with Crippen LogP contribution in [-0.2, 0) is 0 Å². The second-order valence-corrected chi connectivity index (χ2v) is 8.54. The molecular weight excluding hydrogens is 445 g/mol. The average molecular weight is 462 g/mol. The predicted molar refractivity (Wildman–Crippen MR) is 116 cm³/mol. The third-order valence-electron chi connectivity index (χ3n) is 4.63. The molecule has 144 valence electrons. The predicted octanol–water partition coefficient (Wildman–Crippen LogP) is 5.13. The Labute approximate surface area is 174 Å². The molecule has 2 aromatic carbocycles. The van der Waals surface area contributed by atoms with Crippen LogP contribution in [0.15, 0.2) is 47.1 Å². The number of rotatable bonds is 4. The summed E-state index contributed by atoms with van der Waals surface area (Å²) < 4.78 is 14.5. The average Bonchev–Trinajstić information content (AvgIpc) is 2.70. The number of hydrogen-bond donors (Lipinski definition) is 2. The Bertz CT molecular complexity index is 1060. The first-order valence-electron chi connectivity index (χ1n) is 8.74. The number of carboxylic acid groups (broad SMARTS) is 1. The molecule has 28 heavy (non-hydrogen) atoms. The number of fused-ring (bicyclic) bond motifs is 1. The van der Waals surface area contributed by atoms with Gasteiger partial charge in [-0.2, -0.15) is 11.8 Å². The minimum absolute atomic E-state index is 0.111. The molecule has 5 nitrogen and oxygen atoms in total. The molecule has 0 saturated carbocycles. The van der Waals surface area contributed by atoms with E-state index >= 15 is 0 Å². The number of anilines is 3. The number of carbonyl (C=O) groups is 1. The van der Waals surface area contributed by atoms with Crippen molar-refractivity contribution in [3.63, 3.8) is 0 Å². The van der Waals surface area contributed by atoms with Crippen molar-refractivity contribution < 1.29 is 14.3 Å². The molecule has 1 aliphatic heterocycles. The first kappa shape index (κ1) is 19.0. The topological polar surface area (TPSA) is 65.5 Å². The third kappa shape index (κ3) is 3.79. The largest absolute Gasteiger partial charge is 0.478 e. The maximum atomic E-state index is 13.6. The molecule has 4 rings (SSSR count). The second-order valence-electron chi connectivity index (χ2n) is 6.40. The number of pyridine rings is 1. The van der Waals surface area contributed by atoms with Crippen LogP contribution >= 0.6 is 27.7 Å². The van der Waals surface area contributed by atoms with Gasteiger partial charge in [0.15, 0.2) is 0 Å². The van der Waals surface area contributed by atoms with Crippen LogP contribution in [0, 0.1) is 5.82 Å². The Hall–Kier alpha value is -2.32. The number of hydrogen-bond acceptors (Lipinski definition) is 5. The van der Waals surface area contributed by atoms with Crippen LogP contribution in [0.25, 0.3) is 10.9 Å². The number of benzene rings is 2. The molecular formula is C20H17BrFN3O2S. The summed E-state index contributed by atoms with van der Waals surface area (Å²) in [5.74, 6) is 0.274. The zero-order valence-electron chi connectivity index (χ0n) is 14.8. The number of aromatic carboxylic acids is 1. The van der Waals surface area contributed by atoms with E-state index in [1.54, 1.807) is 0 Å². The second kappa shape index (κ2) is 7.97. The molecule has 0 unspecified atom stereocenters. The fraction of sp³-hybridized carbons (Fsp3) is 0.200. The summed E-state index contributed by atoms with van der Waals surface area (Å²) in [6.45, 7) is 1.77. The van der Waals surface area contributed by atoms with Crippen LogP contribution in [0.1, 0.15) is 10.4 Å². The summed E-state index contributed by atoms with van der Waals surface area (Å²) in [6, 6.07) is 9.52. The summed E-state index contributed by atoms with van der Waals surface area (Å²) in [5.41, 5.74) is 2.70. The monoisotopic (exact) mass is 461 g/mol. The molecule has 1 fully saturated rings. The Kier molecular flexibility index (Phi) is 5.41. The summed E-state index contributed by atoms with van der Waals surface area (Å²) in [7, 11) is 0. The molecule has 0 atom stereocenters. The Morgan fingerprint density at radius 1 is 1.21 bits per heavy atom. The molecule has 1 saturated heterocycles. The van der Waals surface area contributed by atoms with Gasteiger partial charge < -0.3 is 15.3 Å². The SMILES string of the molecule is O=C(O)c1cc(F)ccc1Nc1c(N2CCSCC2)cnc2ccc(Br)cc12. The van der Waals surface area contributed by atoms with Gasteiger partial charge in [0.1, 0.15) is 5.82 Å². The van der Waals surface area contributed by atoms with E-state index in [0.29, 0.717) is 5.69 Å². The molecule has 2 heterocycles. The number of nitrogens with one attached hydrogen (secondary N) is 1. The number of halogens is 2. The summed E-state index contributed by atoms with van der Waals surface area (Å²) in [4.78, 5) is 18.5. The maximum Gasteiger partial charge on any atom is 0.337 e. The first-order chi connectivity index (χ1) is 13.5. The number of aromatic nitrogens is 1. The van der Waals surface area contributed by atoms with E-state index in [-0.39, 0.29) is 5.56 Å². The van der Waals surface area contributed by atoms with E-state index in [4.69, 9.17) is 0 Å². The van der Waals surface area contributed by atoms with Crippen molar-refractivity contribution in [3.8, 4) is 0 Å². The zero-order valence-corrected chi connectivity index (χ0v) is 17.2. The van der Waals surface area contributed by atoms with Gasteiger partial charge in [0.2, 0.25) is 0 Å². The van der Waals surface area contributed by atoms with E-state index < -0.39 is 11.8 Å². The van der Waals surface area contributed by atoms with E-state index in [1.807, 2.05) is 36.2 Å². The normalized spacial score (nSPS) is 14.3. The molecule has 2 N–H and O–H groups in total. The van der Waals surface area contributed by atoms with Gasteiger partial charge in [-0.15, -0.1) is 0 Å². The van der Waals surface area contributed by atoms with Crippen molar-refractivity contribution in [1.29, 1.82) is 0 Å². The lowest BCUT2D eigenvalue weighted by Gasteiger charge is -2.31. The molecule has 0 bridgehead atoms. The zero-order chi connectivity index (χ0) is 19.7. The van der Waals surface area contributed by atoms with E-state index in [0.717, 1.165) is 57.4 Å². The fourth-order valence-corrected chi connectivity index (χ4v) is 4.53. The van der Waals surface area contributed by atoms with Crippen molar-refractivity contribution in [2.75, 3.05) is 34.8 Å². The summed E-state index contributed by atoms with van der Waals surface area (Å²) >= 11 is 5.41. The minimum Gasteiger partial charge on any atom is -0.478 e. The maximum absolute atomic E-state index is 13.6. The lowest BCUT2D eigenvalue weighted by atomic mass is 10.1. The van der Waals surface area contributed by atoms with Crippen LogP contribution in [0.2, 0.25) is 0 Å². The molecule has 1 aromatic heterocycles. The van der Waals surface area contributed by atoms with Gasteiger partial charge in [0.05, 0.1) is 34.3 Å². The van der Waals surface area contributed by atoms with Crippen molar-refractivity contribution >= 4 is 61.6 Å². The van der Waals surface area contributed by atoms with Gasteiger partial charge >= 0.3 is 5.97 Å². The van der Waals surface area contributed by atoms with Crippen LogP contribution in [0.4, 0.5) is 21.5 Å². The fourth-order valence-electron chi connectivity index (χ4n) is 3.27. The van der Waals surface area contributed by atoms with Crippen molar-refractivity contribution in [2.45, 2.75) is 0 Å². The van der Waals surface area contributed by atoms with E-state index in [9.17, 15) is 14.3 Å². The van der Waals surface area contributed by atoms with Crippen molar-refractivity contribution in [2.24, 2.45) is 0 Å². The highest BCUT2D eigenvalue weighted by Gasteiger charge is 2.20. The van der Waals surface area contributed by atoms with E-state index in [2.05, 4.69) is 31.1 Å². The molecule has 0 spiro atoms. The van der Waals surface area contributed by atoms with Gasteiger partial charge in [-0.1, -0.05) is 15.9 Å². The standard InChI is InChI=1S/C20H17BrFN3O2S/c21-12-1-3-16-14(9-12)19(18(11-23-16)25-5-7-28-8-6-25)24-17-4-2-13(22)10-15(17)20(26)27/h1-4,9-11H,5-8H2,(H,23,24)(H,26,27). The highest BCUT2D eigenvalue weighted by atomic mass is 79.9. The smallest absolute Gasteiger partial charge is 0.337 e. The number of nitrogens with zero attached hydrogens (tertiary/aromatic N) is 2. The van der Waals surface area contributed by atoms with Crippen molar-refractivity contribution in [1.82, 2.24) is 4.98 Å². The van der Waals surface area contributed by atoms with Crippen LogP contribution in [-0.4, -0.2) is 40.7 Å². The minimum atomic E-state index is -1.18. The Morgan fingerprint density at radius 2 is 2.00 bits per heavy atom.